The lowest BCUT2D eigenvalue weighted by Gasteiger charge is -2.15. The minimum atomic E-state index is -4.70. The minimum Gasteiger partial charge on any atom is -0.379 e. The molecule has 72 valence electrons. The standard InChI is InChI=1S/C7H5ClF3NO/c8-5-3-12-2-1-4(5)6(13)7(9,10)11/h1-3,6,13H/t6-/m1/s1. The number of nitrogens with zero attached hydrogens (tertiary/aromatic N) is 1. The highest BCUT2D eigenvalue weighted by Crippen LogP contribution is 2.35. The number of halogens is 4. The molecule has 0 radical (unpaired) electrons. The molecule has 0 unspecified atom stereocenters. The number of pyridine rings is 1. The van der Waals surface area contributed by atoms with Gasteiger partial charge in [0.05, 0.1) is 5.02 Å². The van der Waals surface area contributed by atoms with Gasteiger partial charge in [-0.25, -0.2) is 0 Å². The lowest BCUT2D eigenvalue weighted by atomic mass is 10.1. The van der Waals surface area contributed by atoms with E-state index in [2.05, 4.69) is 4.98 Å². The van der Waals surface area contributed by atoms with Crippen molar-refractivity contribution in [2.24, 2.45) is 0 Å². The highest BCUT2D eigenvalue weighted by atomic mass is 35.5. The van der Waals surface area contributed by atoms with E-state index >= 15 is 0 Å². The van der Waals surface area contributed by atoms with Crippen LogP contribution in [0.3, 0.4) is 0 Å². The molecule has 1 atom stereocenters. The summed E-state index contributed by atoms with van der Waals surface area (Å²) in [6, 6.07) is 1.03. The van der Waals surface area contributed by atoms with Crippen molar-refractivity contribution >= 4 is 11.6 Å². The predicted molar refractivity (Wildman–Crippen MR) is 40.3 cm³/mol. The third-order valence-electron chi connectivity index (χ3n) is 1.41. The van der Waals surface area contributed by atoms with Crippen LogP contribution in [-0.4, -0.2) is 16.3 Å². The molecule has 0 spiro atoms. The summed E-state index contributed by atoms with van der Waals surface area (Å²) in [6.07, 6.45) is -5.07. The molecule has 13 heavy (non-hydrogen) atoms. The van der Waals surface area contributed by atoms with Gasteiger partial charge in [0, 0.05) is 18.0 Å². The quantitative estimate of drug-likeness (QED) is 0.774. The Morgan fingerprint density at radius 1 is 1.46 bits per heavy atom. The molecule has 1 N–H and O–H groups in total. The third-order valence-corrected chi connectivity index (χ3v) is 1.72. The first-order valence-electron chi connectivity index (χ1n) is 3.27. The second kappa shape index (κ2) is 3.51. The zero-order valence-corrected chi connectivity index (χ0v) is 6.97. The molecule has 0 aliphatic rings. The molecular formula is C7H5ClF3NO. The molecular weight excluding hydrogens is 207 g/mol. The van der Waals surface area contributed by atoms with Gasteiger partial charge in [-0.2, -0.15) is 13.2 Å². The predicted octanol–water partition coefficient (Wildman–Crippen LogP) is 2.33. The first-order valence-corrected chi connectivity index (χ1v) is 3.65. The van der Waals surface area contributed by atoms with E-state index < -0.39 is 12.3 Å². The molecule has 0 aliphatic heterocycles. The van der Waals surface area contributed by atoms with Crippen molar-refractivity contribution in [3.05, 3.63) is 29.0 Å². The van der Waals surface area contributed by atoms with Crippen LogP contribution in [0.2, 0.25) is 5.02 Å². The SMILES string of the molecule is O[C@H](c1ccncc1Cl)C(F)(F)F. The molecule has 2 nitrogen and oxygen atoms in total. The molecule has 1 aromatic heterocycles. The summed E-state index contributed by atoms with van der Waals surface area (Å²) >= 11 is 5.40. The van der Waals surface area contributed by atoms with Crippen LogP contribution >= 0.6 is 11.6 Å². The first-order chi connectivity index (χ1) is 5.93. The summed E-state index contributed by atoms with van der Waals surface area (Å²) in [5.41, 5.74) is -0.385. The fourth-order valence-corrected chi connectivity index (χ4v) is 1.01. The van der Waals surface area contributed by atoms with Gasteiger partial charge >= 0.3 is 6.18 Å². The Bertz CT molecular complexity index is 302. The van der Waals surface area contributed by atoms with Crippen molar-refractivity contribution in [2.75, 3.05) is 0 Å². The molecule has 0 aromatic carbocycles. The smallest absolute Gasteiger partial charge is 0.379 e. The molecule has 1 rings (SSSR count). The Hall–Kier alpha value is -0.810. The summed E-state index contributed by atoms with van der Waals surface area (Å²) in [4.78, 5) is 3.50. The van der Waals surface area contributed by atoms with Gasteiger partial charge in [-0.05, 0) is 6.07 Å². The summed E-state index contributed by atoms with van der Waals surface area (Å²) in [7, 11) is 0. The second-order valence-electron chi connectivity index (χ2n) is 2.34. The maximum absolute atomic E-state index is 12.0. The number of aromatic nitrogens is 1. The Kier molecular flexibility index (Phi) is 2.77. The van der Waals surface area contributed by atoms with Crippen LogP contribution < -0.4 is 0 Å². The highest BCUT2D eigenvalue weighted by molar-refractivity contribution is 6.31. The first kappa shape index (κ1) is 10.3. The van der Waals surface area contributed by atoms with Crippen molar-refractivity contribution in [3.8, 4) is 0 Å². The van der Waals surface area contributed by atoms with Crippen LogP contribution in [0.5, 0.6) is 0 Å². The second-order valence-corrected chi connectivity index (χ2v) is 2.75. The average Bonchev–Trinajstić information content (AvgIpc) is 2.02. The van der Waals surface area contributed by atoms with Crippen LogP contribution in [-0.2, 0) is 0 Å². The van der Waals surface area contributed by atoms with Crippen molar-refractivity contribution in [1.82, 2.24) is 4.98 Å². The van der Waals surface area contributed by atoms with Crippen molar-refractivity contribution in [2.45, 2.75) is 12.3 Å². The van der Waals surface area contributed by atoms with E-state index in [0.717, 1.165) is 18.5 Å². The van der Waals surface area contributed by atoms with Crippen LogP contribution in [0.4, 0.5) is 13.2 Å². The summed E-state index contributed by atoms with van der Waals surface area (Å²) in [5.74, 6) is 0. The molecule has 0 saturated heterocycles. The average molecular weight is 212 g/mol. The number of alkyl halides is 3. The van der Waals surface area contributed by atoms with Crippen LogP contribution in [0, 0.1) is 0 Å². The minimum absolute atomic E-state index is 0.202. The van der Waals surface area contributed by atoms with Gasteiger partial charge in [0.1, 0.15) is 0 Å². The summed E-state index contributed by atoms with van der Waals surface area (Å²) in [5, 5.41) is 8.60. The maximum atomic E-state index is 12.0. The molecule has 0 fully saturated rings. The van der Waals surface area contributed by atoms with E-state index in [1.165, 1.54) is 0 Å². The third kappa shape index (κ3) is 2.32. The fourth-order valence-electron chi connectivity index (χ4n) is 0.784. The van der Waals surface area contributed by atoms with Crippen molar-refractivity contribution in [1.29, 1.82) is 0 Å². The molecule has 1 aromatic rings. The number of aliphatic hydroxyl groups is 1. The Labute approximate surface area is 77.0 Å². The maximum Gasteiger partial charge on any atom is 0.418 e. The van der Waals surface area contributed by atoms with Crippen molar-refractivity contribution in [3.63, 3.8) is 0 Å². The van der Waals surface area contributed by atoms with E-state index in [9.17, 15) is 13.2 Å². The lowest BCUT2D eigenvalue weighted by Crippen LogP contribution is -2.20. The number of hydrogen-bond donors (Lipinski definition) is 1. The van der Waals surface area contributed by atoms with Gasteiger partial charge in [0.15, 0.2) is 6.10 Å². The van der Waals surface area contributed by atoms with E-state index in [0.29, 0.717) is 0 Å². The molecule has 0 saturated carbocycles. The zero-order chi connectivity index (χ0) is 10.1. The van der Waals surface area contributed by atoms with Gasteiger partial charge in [0.25, 0.3) is 0 Å². The van der Waals surface area contributed by atoms with E-state index in [1.54, 1.807) is 0 Å². The molecule has 0 bridgehead atoms. The molecule has 1 heterocycles. The normalized spacial score (nSPS) is 14.2. The zero-order valence-electron chi connectivity index (χ0n) is 6.22. The fraction of sp³-hybridized carbons (Fsp3) is 0.286. The van der Waals surface area contributed by atoms with Gasteiger partial charge in [-0.1, -0.05) is 11.6 Å². The number of rotatable bonds is 1. The largest absolute Gasteiger partial charge is 0.418 e. The van der Waals surface area contributed by atoms with Gasteiger partial charge in [-0.3, -0.25) is 4.98 Å². The molecule has 0 amide bonds. The van der Waals surface area contributed by atoms with Gasteiger partial charge in [-0.15, -0.1) is 0 Å². The molecule has 0 aliphatic carbocycles. The van der Waals surface area contributed by atoms with Crippen molar-refractivity contribution < 1.29 is 18.3 Å². The van der Waals surface area contributed by atoms with E-state index in [1.807, 2.05) is 0 Å². The van der Waals surface area contributed by atoms with Crippen LogP contribution in [0.1, 0.15) is 11.7 Å². The lowest BCUT2D eigenvalue weighted by molar-refractivity contribution is -0.206. The Morgan fingerprint density at radius 2 is 2.08 bits per heavy atom. The number of hydrogen-bond acceptors (Lipinski definition) is 2. The topological polar surface area (TPSA) is 33.1 Å². The van der Waals surface area contributed by atoms with Gasteiger partial charge < -0.3 is 5.11 Å². The summed E-state index contributed by atoms with van der Waals surface area (Å²) < 4.78 is 36.0. The Balaban J connectivity index is 3.02. The Morgan fingerprint density at radius 3 is 2.54 bits per heavy atom. The summed E-state index contributed by atoms with van der Waals surface area (Å²) in [6.45, 7) is 0. The highest BCUT2D eigenvalue weighted by Gasteiger charge is 2.40. The number of aliphatic hydroxyl groups excluding tert-OH is 1. The van der Waals surface area contributed by atoms with Gasteiger partial charge in [0.2, 0.25) is 0 Å². The van der Waals surface area contributed by atoms with Crippen LogP contribution in [0.25, 0.3) is 0 Å². The van der Waals surface area contributed by atoms with Crippen LogP contribution in [0.15, 0.2) is 18.5 Å². The van der Waals surface area contributed by atoms with E-state index in [-0.39, 0.29) is 10.6 Å². The monoisotopic (exact) mass is 211 g/mol. The van der Waals surface area contributed by atoms with E-state index in [4.69, 9.17) is 16.7 Å². The molecule has 6 heteroatoms.